The molecule has 0 saturated carbocycles. The zero-order valence-corrected chi connectivity index (χ0v) is 41.5. The predicted octanol–water partition coefficient (Wildman–Crippen LogP) is 16.8. The van der Waals surface area contributed by atoms with Gasteiger partial charge < -0.3 is 24.3 Å². The third-order valence-corrected chi connectivity index (χ3v) is 12.4. The summed E-state index contributed by atoms with van der Waals surface area (Å²) in [6.45, 7) is 3.81. The second-order valence-electron chi connectivity index (χ2n) is 17.0. The van der Waals surface area contributed by atoms with Crippen molar-refractivity contribution in [3.05, 3.63) is 317 Å². The summed E-state index contributed by atoms with van der Waals surface area (Å²) in [6.07, 6.45) is 8.44. The average molecular weight is 975 g/mol. The fourth-order valence-electron chi connectivity index (χ4n) is 8.47. The molecule has 0 unspecified atom stereocenters. The van der Waals surface area contributed by atoms with Crippen LogP contribution in [0.25, 0.3) is 22.3 Å². The first-order valence-corrected chi connectivity index (χ1v) is 24.9. The van der Waals surface area contributed by atoms with E-state index in [4.69, 9.17) is 30.5 Å². The molecule has 9 rings (SSSR count). The Morgan fingerprint density at radius 3 is 0.918 bits per heavy atom. The quantitative estimate of drug-likeness (QED) is 0.0777. The number of halogens is 1. The van der Waals surface area contributed by atoms with Crippen molar-refractivity contribution in [3.8, 4) is 23.0 Å². The summed E-state index contributed by atoms with van der Waals surface area (Å²) in [6, 6.07) is 82.2. The molecule has 6 heteroatoms. The van der Waals surface area contributed by atoms with Gasteiger partial charge in [0.2, 0.25) is 0 Å². The third kappa shape index (κ3) is 13.8. The smallest absolute Gasteiger partial charge is 0.119 e. The van der Waals surface area contributed by atoms with E-state index in [-0.39, 0.29) is 0 Å². The van der Waals surface area contributed by atoms with Crippen molar-refractivity contribution in [3.63, 3.8) is 0 Å². The molecular weight excluding hydrogens is 918 g/mol. The molecular formula is C67H56ClNO4. The Labute approximate surface area is 434 Å². The van der Waals surface area contributed by atoms with Crippen molar-refractivity contribution in [2.24, 2.45) is 0 Å². The molecule has 0 bridgehead atoms. The minimum Gasteiger partial charge on any atom is -0.494 e. The molecule has 0 amide bonds. The van der Waals surface area contributed by atoms with Gasteiger partial charge in [0.15, 0.2) is 0 Å². The zero-order chi connectivity index (χ0) is 49.9. The van der Waals surface area contributed by atoms with Gasteiger partial charge in [-0.2, -0.15) is 0 Å². The molecule has 0 aliphatic heterocycles. The highest BCUT2D eigenvalue weighted by atomic mass is 35.5. The van der Waals surface area contributed by atoms with Gasteiger partial charge >= 0.3 is 0 Å². The van der Waals surface area contributed by atoms with Crippen molar-refractivity contribution < 1.29 is 18.9 Å². The maximum Gasteiger partial charge on any atom is 0.119 e. The Bertz CT molecular complexity index is 3240. The van der Waals surface area contributed by atoms with Gasteiger partial charge in [0, 0.05) is 22.5 Å². The second-order valence-corrected chi connectivity index (χ2v) is 17.4. The average Bonchev–Trinajstić information content (AvgIpc) is 3.45. The Kier molecular flexibility index (Phi) is 17.1. The summed E-state index contributed by atoms with van der Waals surface area (Å²) >= 11 is 6.13. The van der Waals surface area contributed by atoms with Gasteiger partial charge in [0.1, 0.15) is 42.8 Å². The van der Waals surface area contributed by atoms with Crippen molar-refractivity contribution in [1.29, 1.82) is 0 Å². The molecule has 0 aliphatic carbocycles. The fourth-order valence-corrected chi connectivity index (χ4v) is 8.59. The second kappa shape index (κ2) is 25.4. The van der Waals surface area contributed by atoms with E-state index in [9.17, 15) is 0 Å². The fraction of sp³-hybridized carbons (Fsp3) is 0.0746. The first kappa shape index (κ1) is 49.2. The largest absolute Gasteiger partial charge is 0.494 e. The summed E-state index contributed by atoms with van der Waals surface area (Å²) in [4.78, 5) is 0. The molecule has 1 N–H and O–H groups in total. The standard InChI is InChI=1S/C67H56ClNO4/c1-2-70-60-35-23-54(24-36-60)64(50-15-7-3-8-16-50)43-46-71-61-37-25-55(26-38-61)65(51-17-9-4-10-18-51)44-47-72-62-39-27-56(28-40-62)66(52-19-11-5-12-20-52)45-48-73-63-41-29-57(30-42-63)67(53-21-13-6-14-22-53)49-69-59-33-31-58(68)32-34-59/h3-45,49,69H,2,46-48H2,1H3/b64-43-,65-44-,66-45-,67-49+. The summed E-state index contributed by atoms with van der Waals surface area (Å²) in [5, 5.41) is 4.13. The van der Waals surface area contributed by atoms with Crippen molar-refractivity contribution >= 4 is 39.6 Å². The lowest BCUT2D eigenvalue weighted by Gasteiger charge is -2.13. The lowest BCUT2D eigenvalue weighted by Crippen LogP contribution is -1.99. The topological polar surface area (TPSA) is 49.0 Å². The normalized spacial score (nSPS) is 12.0. The molecule has 73 heavy (non-hydrogen) atoms. The van der Waals surface area contributed by atoms with Gasteiger partial charge in [0.25, 0.3) is 0 Å². The van der Waals surface area contributed by atoms with E-state index in [1.54, 1.807) is 0 Å². The maximum atomic E-state index is 6.37. The number of anilines is 1. The molecule has 0 heterocycles. The van der Waals surface area contributed by atoms with Crippen molar-refractivity contribution in [2.75, 3.05) is 31.7 Å². The van der Waals surface area contributed by atoms with Crippen LogP contribution in [0.1, 0.15) is 51.4 Å². The van der Waals surface area contributed by atoms with Crippen LogP contribution in [0.5, 0.6) is 23.0 Å². The molecule has 0 spiro atoms. The minimum absolute atomic E-state index is 0.385. The molecule has 0 aromatic heterocycles. The zero-order valence-electron chi connectivity index (χ0n) is 40.7. The van der Waals surface area contributed by atoms with Crippen LogP contribution in [-0.2, 0) is 0 Å². The van der Waals surface area contributed by atoms with Crippen LogP contribution in [0.4, 0.5) is 5.69 Å². The van der Waals surface area contributed by atoms with Crippen LogP contribution < -0.4 is 24.3 Å². The van der Waals surface area contributed by atoms with Gasteiger partial charge in [-0.05, 0) is 159 Å². The van der Waals surface area contributed by atoms with Crippen LogP contribution in [0, 0.1) is 0 Å². The van der Waals surface area contributed by atoms with E-state index in [1.165, 1.54) is 0 Å². The van der Waals surface area contributed by atoms with Crippen LogP contribution in [0.15, 0.2) is 267 Å². The van der Waals surface area contributed by atoms with Gasteiger partial charge in [0.05, 0.1) is 6.61 Å². The maximum absolute atomic E-state index is 6.37. The van der Waals surface area contributed by atoms with Crippen LogP contribution >= 0.6 is 11.6 Å². The third-order valence-electron chi connectivity index (χ3n) is 12.2. The number of benzene rings is 9. The highest BCUT2D eigenvalue weighted by molar-refractivity contribution is 6.30. The van der Waals surface area contributed by atoms with Gasteiger partial charge in [-0.1, -0.05) is 181 Å². The number of ether oxygens (including phenoxy) is 4. The Morgan fingerprint density at radius 2 is 0.603 bits per heavy atom. The molecule has 9 aromatic rings. The first-order valence-electron chi connectivity index (χ1n) is 24.5. The summed E-state index contributed by atoms with van der Waals surface area (Å²) in [5.74, 6) is 3.21. The predicted molar refractivity (Wildman–Crippen MR) is 303 cm³/mol. The molecule has 0 fully saturated rings. The summed E-state index contributed by atoms with van der Waals surface area (Å²) < 4.78 is 24.7. The van der Waals surface area contributed by atoms with Crippen molar-refractivity contribution in [2.45, 2.75) is 6.92 Å². The lowest BCUT2D eigenvalue weighted by atomic mass is 9.97. The molecule has 0 atom stereocenters. The van der Waals surface area contributed by atoms with E-state index in [1.807, 2.05) is 122 Å². The molecule has 9 aromatic carbocycles. The number of hydrogen-bond donors (Lipinski definition) is 1. The van der Waals surface area contributed by atoms with Crippen LogP contribution in [0.3, 0.4) is 0 Å². The molecule has 0 saturated heterocycles. The summed E-state index contributed by atoms with van der Waals surface area (Å²) in [5.41, 5.74) is 14.0. The molecule has 5 nitrogen and oxygen atoms in total. The minimum atomic E-state index is 0.385. The van der Waals surface area contributed by atoms with Gasteiger partial charge in [-0.25, -0.2) is 0 Å². The van der Waals surface area contributed by atoms with Crippen LogP contribution in [0.2, 0.25) is 5.02 Å². The lowest BCUT2D eigenvalue weighted by molar-refractivity contribution is 0.340. The highest BCUT2D eigenvalue weighted by Crippen LogP contribution is 2.31. The van der Waals surface area contributed by atoms with E-state index in [0.717, 1.165) is 95.5 Å². The summed E-state index contributed by atoms with van der Waals surface area (Å²) in [7, 11) is 0. The van der Waals surface area contributed by atoms with E-state index in [2.05, 4.69) is 157 Å². The Balaban J connectivity index is 0.853. The van der Waals surface area contributed by atoms with Gasteiger partial charge in [-0.15, -0.1) is 0 Å². The Morgan fingerprint density at radius 1 is 0.329 bits per heavy atom. The SMILES string of the molecule is CCOc1ccc(/C(=C\COc2ccc(/C(=C\COc3ccc(/C(=C\COc4ccc(/C(=C/Nc5ccc(Cl)cc5)c5ccccc5)cc4)c4ccccc4)cc3)c3ccccc3)cc2)c2ccccc2)cc1. The highest BCUT2D eigenvalue weighted by Gasteiger charge is 2.11. The number of rotatable bonds is 21. The monoisotopic (exact) mass is 973 g/mol. The van der Waals surface area contributed by atoms with Crippen molar-refractivity contribution in [1.82, 2.24) is 0 Å². The van der Waals surface area contributed by atoms with E-state index >= 15 is 0 Å². The number of hydrogen-bond acceptors (Lipinski definition) is 5. The van der Waals surface area contributed by atoms with E-state index in [0.29, 0.717) is 31.5 Å². The first-order chi connectivity index (χ1) is 36.1. The molecule has 360 valence electrons. The van der Waals surface area contributed by atoms with E-state index < -0.39 is 0 Å². The Hall–Kier alpha value is -8.77. The molecule has 0 radical (unpaired) electrons. The van der Waals surface area contributed by atoms with Crippen LogP contribution in [-0.4, -0.2) is 26.4 Å². The number of nitrogens with one attached hydrogen (secondary N) is 1. The van der Waals surface area contributed by atoms with Gasteiger partial charge in [-0.3, -0.25) is 0 Å². The molecule has 0 aliphatic rings.